The molecule has 2 N–H and O–H groups in total. The first-order valence-corrected chi connectivity index (χ1v) is 7.54. The van der Waals surface area contributed by atoms with Gasteiger partial charge in [0.1, 0.15) is 0 Å². The number of benzene rings is 2. The van der Waals surface area contributed by atoms with E-state index in [4.69, 9.17) is 0 Å². The van der Waals surface area contributed by atoms with E-state index in [0.717, 1.165) is 32.3 Å². The number of para-hydroxylation sites is 1. The summed E-state index contributed by atoms with van der Waals surface area (Å²) in [4.78, 5) is 15.5. The molecule has 4 heteroatoms. The van der Waals surface area contributed by atoms with Crippen LogP contribution in [0.5, 0.6) is 0 Å². The normalized spacial score (nSPS) is 10.8. The maximum Gasteiger partial charge on any atom is 0.228 e. The topological polar surface area (TPSA) is 44.9 Å². The minimum Gasteiger partial charge on any atom is -0.358 e. The van der Waals surface area contributed by atoms with E-state index < -0.39 is 0 Å². The fraction of sp³-hybridized carbons (Fsp3) is 0.118. The zero-order valence-electron chi connectivity index (χ0n) is 11.6. The second-order valence-electron chi connectivity index (χ2n) is 5.01. The highest BCUT2D eigenvalue weighted by Gasteiger charge is 2.13. The molecular weight excluding hydrogens is 328 g/mol. The molecule has 0 aliphatic rings. The summed E-state index contributed by atoms with van der Waals surface area (Å²) in [5, 5.41) is 4.01. The van der Waals surface area contributed by atoms with Crippen molar-refractivity contribution in [3.05, 3.63) is 64.3 Å². The molecule has 106 valence electrons. The molecule has 0 saturated carbocycles. The summed E-state index contributed by atoms with van der Waals surface area (Å²) in [6.45, 7) is 2.00. The molecular formula is C17H15BrN2O. The number of carbonyl (C=O) groups excluding carboxylic acids is 1. The van der Waals surface area contributed by atoms with E-state index in [0.29, 0.717) is 6.42 Å². The van der Waals surface area contributed by atoms with Gasteiger partial charge in [0, 0.05) is 26.8 Å². The van der Waals surface area contributed by atoms with Crippen molar-refractivity contribution in [3.8, 4) is 0 Å². The van der Waals surface area contributed by atoms with Crippen LogP contribution in [0, 0.1) is 6.92 Å². The van der Waals surface area contributed by atoms with Crippen molar-refractivity contribution in [2.24, 2.45) is 0 Å². The van der Waals surface area contributed by atoms with E-state index in [2.05, 4.69) is 26.2 Å². The average Bonchev–Trinajstić information content (AvgIpc) is 2.76. The van der Waals surface area contributed by atoms with Gasteiger partial charge in [-0.3, -0.25) is 4.79 Å². The Morgan fingerprint density at radius 3 is 2.71 bits per heavy atom. The summed E-state index contributed by atoms with van der Waals surface area (Å²) in [6, 6.07) is 15.6. The maximum atomic E-state index is 12.2. The summed E-state index contributed by atoms with van der Waals surface area (Å²) >= 11 is 3.48. The Labute approximate surface area is 131 Å². The molecule has 0 unspecified atom stereocenters. The highest BCUT2D eigenvalue weighted by molar-refractivity contribution is 9.10. The second kappa shape index (κ2) is 5.74. The number of fused-ring (bicyclic) bond motifs is 1. The number of amides is 1. The minimum absolute atomic E-state index is 0.00910. The summed E-state index contributed by atoms with van der Waals surface area (Å²) < 4.78 is 1.01. The zero-order valence-corrected chi connectivity index (χ0v) is 13.2. The van der Waals surface area contributed by atoms with Crippen LogP contribution in [0.25, 0.3) is 10.9 Å². The third-order valence-corrected chi connectivity index (χ3v) is 3.97. The minimum atomic E-state index is -0.00910. The molecule has 0 fully saturated rings. The van der Waals surface area contributed by atoms with Gasteiger partial charge >= 0.3 is 0 Å². The van der Waals surface area contributed by atoms with Crippen LogP contribution in [0.2, 0.25) is 0 Å². The SMILES string of the molecule is Cc1[nH]c2ccc(Br)cc2c1CC(=O)Nc1ccccc1. The Hall–Kier alpha value is -2.07. The largest absolute Gasteiger partial charge is 0.358 e. The quantitative estimate of drug-likeness (QED) is 0.726. The monoisotopic (exact) mass is 342 g/mol. The highest BCUT2D eigenvalue weighted by Crippen LogP contribution is 2.26. The Morgan fingerprint density at radius 1 is 1.19 bits per heavy atom. The molecule has 1 amide bonds. The third kappa shape index (κ3) is 3.00. The lowest BCUT2D eigenvalue weighted by Crippen LogP contribution is -2.14. The summed E-state index contributed by atoms with van der Waals surface area (Å²) in [6.07, 6.45) is 0.358. The van der Waals surface area contributed by atoms with Crippen molar-refractivity contribution in [3.63, 3.8) is 0 Å². The first-order chi connectivity index (χ1) is 10.1. The zero-order chi connectivity index (χ0) is 14.8. The molecule has 2 aromatic carbocycles. The van der Waals surface area contributed by atoms with Crippen molar-refractivity contribution in [1.82, 2.24) is 4.98 Å². The van der Waals surface area contributed by atoms with Crippen molar-refractivity contribution >= 4 is 38.4 Å². The van der Waals surface area contributed by atoms with Crippen LogP contribution in [0.4, 0.5) is 5.69 Å². The molecule has 0 atom stereocenters. The standard InChI is InChI=1S/C17H15BrN2O/c1-11-14(15-9-12(18)7-8-16(15)19-11)10-17(21)20-13-5-3-2-4-6-13/h2-9,19H,10H2,1H3,(H,20,21). The van der Waals surface area contributed by atoms with Gasteiger partial charge in [0.2, 0.25) is 5.91 Å². The van der Waals surface area contributed by atoms with E-state index in [1.807, 2.05) is 55.5 Å². The number of nitrogens with one attached hydrogen (secondary N) is 2. The predicted molar refractivity (Wildman–Crippen MR) is 89.5 cm³/mol. The number of rotatable bonds is 3. The van der Waals surface area contributed by atoms with Gasteiger partial charge in [0.25, 0.3) is 0 Å². The summed E-state index contributed by atoms with van der Waals surface area (Å²) in [5.41, 5.74) is 3.95. The molecule has 1 heterocycles. The van der Waals surface area contributed by atoms with Crippen molar-refractivity contribution in [2.45, 2.75) is 13.3 Å². The van der Waals surface area contributed by atoms with Crippen molar-refractivity contribution in [1.29, 1.82) is 0 Å². The van der Waals surface area contributed by atoms with Crippen LogP contribution in [-0.4, -0.2) is 10.9 Å². The Morgan fingerprint density at radius 2 is 1.95 bits per heavy atom. The van der Waals surface area contributed by atoms with Gasteiger partial charge in [-0.2, -0.15) is 0 Å². The molecule has 0 spiro atoms. The van der Waals surface area contributed by atoms with Gasteiger partial charge in [-0.15, -0.1) is 0 Å². The molecule has 0 aliphatic heterocycles. The molecule has 0 radical (unpaired) electrons. The Kier molecular flexibility index (Phi) is 3.80. The lowest BCUT2D eigenvalue weighted by Gasteiger charge is -2.05. The Balaban J connectivity index is 1.86. The number of halogens is 1. The maximum absolute atomic E-state index is 12.2. The van der Waals surface area contributed by atoms with E-state index in [-0.39, 0.29) is 5.91 Å². The van der Waals surface area contributed by atoms with Gasteiger partial charge in [-0.25, -0.2) is 0 Å². The smallest absolute Gasteiger partial charge is 0.228 e. The van der Waals surface area contributed by atoms with Crippen LogP contribution < -0.4 is 5.32 Å². The van der Waals surface area contributed by atoms with E-state index in [9.17, 15) is 4.79 Å². The molecule has 21 heavy (non-hydrogen) atoms. The first-order valence-electron chi connectivity index (χ1n) is 6.75. The van der Waals surface area contributed by atoms with Crippen molar-refractivity contribution in [2.75, 3.05) is 5.32 Å². The molecule has 0 bridgehead atoms. The fourth-order valence-electron chi connectivity index (χ4n) is 2.47. The number of aromatic amines is 1. The van der Waals surface area contributed by atoms with Crippen LogP contribution in [-0.2, 0) is 11.2 Å². The second-order valence-corrected chi connectivity index (χ2v) is 5.93. The Bertz CT molecular complexity index is 793. The number of hydrogen-bond acceptors (Lipinski definition) is 1. The van der Waals surface area contributed by atoms with Gasteiger partial charge in [0.05, 0.1) is 6.42 Å². The van der Waals surface area contributed by atoms with Crippen LogP contribution in [0.1, 0.15) is 11.3 Å². The van der Waals surface area contributed by atoms with Gasteiger partial charge < -0.3 is 10.3 Å². The third-order valence-electron chi connectivity index (χ3n) is 3.48. The van der Waals surface area contributed by atoms with Gasteiger partial charge in [-0.05, 0) is 42.8 Å². The summed E-state index contributed by atoms with van der Waals surface area (Å²) in [5.74, 6) is -0.00910. The number of hydrogen-bond donors (Lipinski definition) is 2. The van der Waals surface area contributed by atoms with E-state index >= 15 is 0 Å². The number of aromatic nitrogens is 1. The molecule has 3 nitrogen and oxygen atoms in total. The van der Waals surface area contributed by atoms with Gasteiger partial charge in [0.15, 0.2) is 0 Å². The molecule has 3 aromatic rings. The highest BCUT2D eigenvalue weighted by atomic mass is 79.9. The summed E-state index contributed by atoms with van der Waals surface area (Å²) in [7, 11) is 0. The molecule has 3 rings (SSSR count). The predicted octanol–water partition coefficient (Wildman–Crippen LogP) is 4.42. The average molecular weight is 343 g/mol. The van der Waals surface area contributed by atoms with E-state index in [1.165, 1.54) is 0 Å². The first kappa shape index (κ1) is 13.9. The molecule has 0 saturated heterocycles. The number of anilines is 1. The van der Waals surface area contributed by atoms with Crippen LogP contribution >= 0.6 is 15.9 Å². The number of H-pyrrole nitrogens is 1. The molecule has 0 aliphatic carbocycles. The lowest BCUT2D eigenvalue weighted by molar-refractivity contribution is -0.115. The molecule has 1 aromatic heterocycles. The van der Waals surface area contributed by atoms with E-state index in [1.54, 1.807) is 0 Å². The lowest BCUT2D eigenvalue weighted by atomic mass is 10.1. The van der Waals surface area contributed by atoms with Crippen molar-refractivity contribution < 1.29 is 4.79 Å². The number of carbonyl (C=O) groups is 1. The van der Waals surface area contributed by atoms with Crippen LogP contribution in [0.15, 0.2) is 53.0 Å². The fourth-order valence-corrected chi connectivity index (χ4v) is 2.83. The van der Waals surface area contributed by atoms with Gasteiger partial charge in [-0.1, -0.05) is 34.1 Å². The number of aryl methyl sites for hydroxylation is 1. The van der Waals surface area contributed by atoms with Crippen LogP contribution in [0.3, 0.4) is 0 Å².